The Kier molecular flexibility index (Phi) is 5.84. The zero-order valence-electron chi connectivity index (χ0n) is 17.3. The molecule has 0 atom stereocenters. The number of pyridine rings is 1. The Morgan fingerprint density at radius 1 is 1.24 bits per heavy atom. The third-order valence-electron chi connectivity index (χ3n) is 4.69. The van der Waals surface area contributed by atoms with Crippen molar-refractivity contribution in [1.82, 2.24) is 14.9 Å². The summed E-state index contributed by atoms with van der Waals surface area (Å²) in [6.45, 7) is 8.04. The van der Waals surface area contributed by atoms with Gasteiger partial charge < -0.3 is 15.6 Å². The molecule has 3 N–H and O–H groups in total. The zero-order valence-corrected chi connectivity index (χ0v) is 17.3. The molecule has 6 heteroatoms. The molecule has 1 amide bonds. The molecule has 3 aromatic rings. The molecular formula is C23H27FN4O. The molecule has 0 radical (unpaired) electrons. The number of halogens is 1. The molecule has 2 heterocycles. The van der Waals surface area contributed by atoms with Crippen molar-refractivity contribution in [2.45, 2.75) is 39.8 Å². The quantitative estimate of drug-likeness (QED) is 0.676. The number of allylic oxidation sites excluding steroid dienone is 1. The minimum atomic E-state index is -0.335. The van der Waals surface area contributed by atoms with E-state index in [2.05, 4.69) is 10.3 Å². The molecule has 152 valence electrons. The van der Waals surface area contributed by atoms with E-state index in [0.29, 0.717) is 5.56 Å². The van der Waals surface area contributed by atoms with Gasteiger partial charge in [-0.15, -0.1) is 0 Å². The molecule has 5 nitrogen and oxygen atoms in total. The van der Waals surface area contributed by atoms with E-state index in [9.17, 15) is 9.18 Å². The topological polar surface area (TPSA) is 72.9 Å². The van der Waals surface area contributed by atoms with Gasteiger partial charge in [0.2, 0.25) is 0 Å². The number of carbonyl (C=O) groups is 1. The number of carbonyl (C=O) groups excluding carboxylic acids is 1. The van der Waals surface area contributed by atoms with E-state index in [1.165, 1.54) is 6.08 Å². The lowest BCUT2D eigenvalue weighted by Crippen LogP contribution is -2.40. The van der Waals surface area contributed by atoms with Gasteiger partial charge in [-0.05, 0) is 69.7 Å². The number of benzene rings is 1. The Morgan fingerprint density at radius 2 is 1.93 bits per heavy atom. The van der Waals surface area contributed by atoms with Crippen LogP contribution in [0.2, 0.25) is 0 Å². The van der Waals surface area contributed by atoms with E-state index in [1.54, 1.807) is 18.5 Å². The van der Waals surface area contributed by atoms with E-state index in [1.807, 2.05) is 56.5 Å². The maximum Gasteiger partial charge on any atom is 0.251 e. The van der Waals surface area contributed by atoms with Crippen molar-refractivity contribution >= 4 is 16.8 Å². The first-order valence-corrected chi connectivity index (χ1v) is 9.61. The van der Waals surface area contributed by atoms with Gasteiger partial charge in [0.15, 0.2) is 0 Å². The Balaban J connectivity index is 2.20. The number of amides is 1. The molecule has 29 heavy (non-hydrogen) atoms. The average Bonchev–Trinajstić information content (AvgIpc) is 2.92. The van der Waals surface area contributed by atoms with Crippen LogP contribution >= 0.6 is 0 Å². The number of nitrogens with two attached hydrogens (primary N) is 1. The van der Waals surface area contributed by atoms with Crippen LogP contribution in [-0.2, 0) is 6.54 Å². The normalized spacial score (nSPS) is 12.4. The van der Waals surface area contributed by atoms with Gasteiger partial charge in [0, 0.05) is 52.2 Å². The zero-order chi connectivity index (χ0) is 21.2. The molecule has 0 saturated carbocycles. The number of fused-ring (bicyclic) bond motifs is 1. The third-order valence-corrected chi connectivity index (χ3v) is 4.69. The van der Waals surface area contributed by atoms with Gasteiger partial charge in [0.25, 0.3) is 5.91 Å². The summed E-state index contributed by atoms with van der Waals surface area (Å²) in [5, 5.41) is 3.89. The molecule has 2 aromatic heterocycles. The number of hydrogen-bond acceptors (Lipinski definition) is 3. The first-order valence-electron chi connectivity index (χ1n) is 9.61. The lowest BCUT2D eigenvalue weighted by molar-refractivity contribution is 0.0919. The largest absolute Gasteiger partial charge is 0.347 e. The molecule has 1 aromatic carbocycles. The van der Waals surface area contributed by atoms with Crippen molar-refractivity contribution in [3.8, 4) is 11.1 Å². The van der Waals surface area contributed by atoms with E-state index in [4.69, 9.17) is 5.73 Å². The maximum atomic E-state index is 14.3. The van der Waals surface area contributed by atoms with E-state index < -0.39 is 0 Å². The van der Waals surface area contributed by atoms with Gasteiger partial charge in [-0.3, -0.25) is 9.78 Å². The van der Waals surface area contributed by atoms with Crippen LogP contribution in [0.5, 0.6) is 0 Å². The first kappa shape index (κ1) is 20.7. The number of nitrogens with one attached hydrogen (secondary N) is 1. The van der Waals surface area contributed by atoms with Crippen LogP contribution in [0.25, 0.3) is 22.0 Å². The van der Waals surface area contributed by atoms with Crippen molar-refractivity contribution in [2.75, 3.05) is 6.54 Å². The van der Waals surface area contributed by atoms with E-state index in [-0.39, 0.29) is 30.4 Å². The highest BCUT2D eigenvalue weighted by Gasteiger charge is 2.20. The van der Waals surface area contributed by atoms with Crippen molar-refractivity contribution in [3.63, 3.8) is 0 Å². The first-order chi connectivity index (χ1) is 13.7. The summed E-state index contributed by atoms with van der Waals surface area (Å²) >= 11 is 0. The van der Waals surface area contributed by atoms with Crippen LogP contribution in [-0.4, -0.2) is 27.5 Å². The summed E-state index contributed by atoms with van der Waals surface area (Å²) in [6.07, 6.45) is 4.83. The SMILES string of the molecule is Cc1c(-c2ccncc2)c2cc(C(=O)NC(C)(C)C)ccc2n1CC(F)=CCN. The molecule has 0 aliphatic rings. The van der Waals surface area contributed by atoms with E-state index >= 15 is 0 Å². The molecule has 0 aliphatic heterocycles. The summed E-state index contributed by atoms with van der Waals surface area (Å²) < 4.78 is 16.2. The highest BCUT2D eigenvalue weighted by Crippen LogP contribution is 2.35. The third kappa shape index (κ3) is 4.54. The predicted octanol–water partition coefficient (Wildman–Crippen LogP) is 4.35. The summed E-state index contributed by atoms with van der Waals surface area (Å²) in [5.41, 5.74) is 9.40. The van der Waals surface area contributed by atoms with Crippen molar-refractivity contribution in [2.24, 2.45) is 5.73 Å². The standard InChI is InChI=1S/C23H27FN4O/c1-15-21(16-8-11-26-12-9-16)19-13-17(22(29)27-23(2,3)4)5-6-20(19)28(15)14-18(24)7-10-25/h5-9,11-13H,10,14,25H2,1-4H3,(H,27,29). The van der Waals surface area contributed by atoms with Gasteiger partial charge in [-0.2, -0.15) is 0 Å². The molecule has 0 spiro atoms. The van der Waals surface area contributed by atoms with Crippen LogP contribution in [0.15, 0.2) is 54.6 Å². The number of rotatable bonds is 5. The summed E-state index contributed by atoms with van der Waals surface area (Å²) in [5.74, 6) is -0.428. The Morgan fingerprint density at radius 3 is 2.55 bits per heavy atom. The fourth-order valence-corrected chi connectivity index (χ4v) is 3.47. The Hall–Kier alpha value is -2.99. The minimum absolute atomic E-state index is 0.0954. The van der Waals surface area contributed by atoms with Crippen LogP contribution in [0.4, 0.5) is 4.39 Å². The highest BCUT2D eigenvalue weighted by molar-refractivity contribution is 6.04. The monoisotopic (exact) mass is 394 g/mol. The highest BCUT2D eigenvalue weighted by atomic mass is 19.1. The predicted molar refractivity (Wildman–Crippen MR) is 115 cm³/mol. The van der Waals surface area contributed by atoms with Crippen LogP contribution < -0.4 is 11.1 Å². The van der Waals surface area contributed by atoms with Gasteiger partial charge in [-0.25, -0.2) is 4.39 Å². The average molecular weight is 394 g/mol. The number of hydrogen-bond donors (Lipinski definition) is 2. The summed E-state index contributed by atoms with van der Waals surface area (Å²) in [4.78, 5) is 16.8. The van der Waals surface area contributed by atoms with Crippen molar-refractivity contribution in [1.29, 1.82) is 0 Å². The molecule has 0 saturated heterocycles. The van der Waals surface area contributed by atoms with Crippen molar-refractivity contribution in [3.05, 3.63) is 65.9 Å². The Bertz CT molecular complexity index is 1060. The van der Waals surface area contributed by atoms with Crippen molar-refractivity contribution < 1.29 is 9.18 Å². The second-order valence-electron chi connectivity index (χ2n) is 8.11. The molecule has 0 aliphatic carbocycles. The van der Waals surface area contributed by atoms with Gasteiger partial charge in [0.05, 0.1) is 6.54 Å². The lowest BCUT2D eigenvalue weighted by atomic mass is 10.0. The van der Waals surface area contributed by atoms with E-state index in [0.717, 1.165) is 27.7 Å². The smallest absolute Gasteiger partial charge is 0.251 e. The fourth-order valence-electron chi connectivity index (χ4n) is 3.47. The molecule has 3 rings (SSSR count). The van der Waals surface area contributed by atoms with Gasteiger partial charge >= 0.3 is 0 Å². The molecule has 0 fully saturated rings. The van der Waals surface area contributed by atoms with Crippen LogP contribution in [0.1, 0.15) is 36.8 Å². The summed E-state index contributed by atoms with van der Waals surface area (Å²) in [7, 11) is 0. The number of nitrogens with zero attached hydrogens (tertiary/aromatic N) is 2. The van der Waals surface area contributed by atoms with Gasteiger partial charge in [-0.1, -0.05) is 0 Å². The molecular weight excluding hydrogens is 367 g/mol. The maximum absolute atomic E-state index is 14.3. The summed E-state index contributed by atoms with van der Waals surface area (Å²) in [6, 6.07) is 9.36. The second-order valence-corrected chi connectivity index (χ2v) is 8.11. The minimum Gasteiger partial charge on any atom is -0.347 e. The van der Waals surface area contributed by atoms with Crippen LogP contribution in [0.3, 0.4) is 0 Å². The fraction of sp³-hybridized carbons (Fsp3) is 0.304. The molecule has 0 unspecified atom stereocenters. The Labute approximate surface area is 170 Å². The number of aromatic nitrogens is 2. The lowest BCUT2D eigenvalue weighted by Gasteiger charge is -2.20. The van der Waals surface area contributed by atoms with Gasteiger partial charge in [0.1, 0.15) is 5.83 Å². The second kappa shape index (κ2) is 8.17. The molecule has 0 bridgehead atoms. The van der Waals surface area contributed by atoms with Crippen LogP contribution in [0, 0.1) is 6.92 Å².